The molecule has 8 amide bonds. The third-order valence-corrected chi connectivity index (χ3v) is 29.7. The number of Topliss-reactive ketones (excluding diaryl/α,β-unsaturated/α-hetero) is 1. The number of likely N-dealkylation sites (tertiary alicyclic amines) is 2. The molecule has 13 rings (SSSR count). The molecule has 103 heavy (non-hydrogen) atoms. The van der Waals surface area contributed by atoms with Crippen LogP contribution in [0.3, 0.4) is 0 Å². The van der Waals surface area contributed by atoms with Gasteiger partial charge in [-0.15, -0.1) is 12.4 Å². The van der Waals surface area contributed by atoms with Gasteiger partial charge in [0.2, 0.25) is 35.3 Å². The molecule has 12 aliphatic rings. The summed E-state index contributed by atoms with van der Waals surface area (Å²) in [6.45, 7) is 31.6. The van der Waals surface area contributed by atoms with Crippen LogP contribution in [0.25, 0.3) is 0 Å². The van der Waals surface area contributed by atoms with Gasteiger partial charge in [0.25, 0.3) is 17.7 Å². The molecule has 23 nitrogen and oxygen atoms in total. The minimum absolute atomic E-state index is 0. The van der Waals surface area contributed by atoms with E-state index in [-0.39, 0.29) is 86.3 Å². The Morgan fingerprint density at radius 2 is 1.11 bits per heavy atom. The lowest BCUT2D eigenvalue weighted by atomic mass is 9.73. The molecule has 1 aromatic rings. The molecular formula is C79H127ClN12O11. The molecule has 3 saturated heterocycles. The van der Waals surface area contributed by atoms with Crippen LogP contribution in [0, 0.1) is 65.5 Å². The van der Waals surface area contributed by atoms with Gasteiger partial charge in [0.05, 0.1) is 30.9 Å². The molecule has 0 radical (unpaired) electrons. The zero-order valence-corrected chi connectivity index (χ0v) is 65.3. The van der Waals surface area contributed by atoms with Gasteiger partial charge in [-0.1, -0.05) is 148 Å². The Labute approximate surface area is 618 Å². The van der Waals surface area contributed by atoms with Gasteiger partial charge in [0.15, 0.2) is 6.10 Å². The van der Waals surface area contributed by atoms with E-state index in [2.05, 4.69) is 88.7 Å². The minimum Gasteiger partial charge on any atom is -0.395 e. The molecule has 0 aromatic carbocycles. The summed E-state index contributed by atoms with van der Waals surface area (Å²) in [6, 6.07) is -5.34. The molecule has 9 aliphatic carbocycles. The first-order valence-electron chi connectivity index (χ1n) is 39.4. The maximum Gasteiger partial charge on any atom is 0.289 e. The standard InChI is InChI=1S/C40H59N7O6.C27H46N4O4.C12H21NO.ClH/c1-7-12-26(30(48)35(52)43-25-15-16-25)44-33(50)28-21-40(38(5,6)39(40)17-11-18-39)23-47(28)36(53)31(37(2,3)4)46-34(51)29(24-13-9-8-10-14-24)45-32(49)27-22-41-19-20-42-27;1-7-9-17(19(32)22(34)29-16-10-11-16)30-21(33)18-14-27(25(5,6)26(27)12-8-13-26)15-31(18)23(35)20(28)24(2,3)4;1-10(2)11(4-3-5-11)12(10)6-9(7-14)13-8-12;/h19-20,22,24-26,28-29,31H,7-18,21,23H2,1-6H3,(H,43,52)(H,44,50)(H,45,49)(H,46,51);16-20,32H,7-15,28H2,1-6H3,(H,29,34)(H,30,33);9,13-14H,3-8H2,1-2H3;1H/t26?,28-,29-,31+,40?;17?,18-,19?,20+,27?;9-,12?;/m000./s1. The number of carbonyl (C=O) groups is 9. The number of hydrogen-bond donors (Lipinski definition) is 10. The number of nitrogens with two attached hydrogens (primary N) is 1. The first-order chi connectivity index (χ1) is 47.9. The Balaban J connectivity index is 0.000000193. The highest BCUT2D eigenvalue weighted by molar-refractivity contribution is 6.38. The molecule has 6 unspecified atom stereocenters. The van der Waals surface area contributed by atoms with Gasteiger partial charge in [0, 0.05) is 61.0 Å². The van der Waals surface area contributed by atoms with Gasteiger partial charge in [-0.2, -0.15) is 0 Å². The van der Waals surface area contributed by atoms with Gasteiger partial charge in [-0.3, -0.25) is 48.1 Å². The number of aromatic nitrogens is 2. The number of ketones is 1. The zero-order valence-electron chi connectivity index (χ0n) is 64.5. The van der Waals surface area contributed by atoms with Crippen molar-refractivity contribution in [2.24, 2.45) is 71.2 Å². The smallest absolute Gasteiger partial charge is 0.289 e. The van der Waals surface area contributed by atoms with Crippen LogP contribution in [-0.4, -0.2) is 176 Å². The van der Waals surface area contributed by atoms with Crippen molar-refractivity contribution in [1.29, 1.82) is 0 Å². The second kappa shape index (κ2) is 29.3. The fourth-order valence-corrected chi connectivity index (χ4v) is 22.0. The van der Waals surface area contributed by atoms with Crippen molar-refractivity contribution in [2.45, 2.75) is 324 Å². The van der Waals surface area contributed by atoms with Crippen molar-refractivity contribution in [3.63, 3.8) is 0 Å². The molecule has 24 heteroatoms. The van der Waals surface area contributed by atoms with Gasteiger partial charge in [-0.05, 0) is 164 Å². The van der Waals surface area contributed by atoms with Crippen LogP contribution in [0.15, 0.2) is 18.6 Å². The van der Waals surface area contributed by atoms with Crippen LogP contribution < -0.4 is 43.0 Å². The van der Waals surface area contributed by atoms with E-state index in [9.17, 15) is 48.6 Å². The fourth-order valence-electron chi connectivity index (χ4n) is 22.0. The number of carbonyl (C=O) groups excluding carboxylic acids is 9. The fraction of sp³-hybridized carbons (Fsp3) is 0.835. The largest absolute Gasteiger partial charge is 0.395 e. The molecule has 11 N–H and O–H groups in total. The van der Waals surface area contributed by atoms with E-state index in [0.717, 1.165) is 96.4 Å². The molecule has 6 spiro atoms. The predicted octanol–water partition coefficient (Wildman–Crippen LogP) is 7.66. The lowest BCUT2D eigenvalue weighted by molar-refractivity contribution is -0.145. The summed E-state index contributed by atoms with van der Waals surface area (Å²) in [5, 5.41) is 40.9. The summed E-state index contributed by atoms with van der Waals surface area (Å²) in [7, 11) is 0. The number of aliphatic hydroxyl groups is 2. The highest BCUT2D eigenvalue weighted by Crippen LogP contribution is 2.90. The summed E-state index contributed by atoms with van der Waals surface area (Å²) in [5.41, 5.74) is 6.81. The molecule has 12 fully saturated rings. The molecule has 0 bridgehead atoms. The van der Waals surface area contributed by atoms with Crippen LogP contribution in [0.1, 0.15) is 268 Å². The normalized spacial score (nSPS) is 30.4. The molecular weight excluding hydrogens is 1330 g/mol. The van der Waals surface area contributed by atoms with Crippen LogP contribution >= 0.6 is 12.4 Å². The Morgan fingerprint density at radius 3 is 1.54 bits per heavy atom. The Hall–Kier alpha value is -5.36. The quantitative estimate of drug-likeness (QED) is 0.0498. The predicted molar refractivity (Wildman–Crippen MR) is 394 cm³/mol. The number of fused-ring (bicyclic) bond motifs is 3. The Kier molecular flexibility index (Phi) is 22.8. The number of hydrogen-bond acceptors (Lipinski definition) is 15. The topological polar surface area (TPSA) is 337 Å². The van der Waals surface area contributed by atoms with Gasteiger partial charge in [-0.25, -0.2) is 4.98 Å². The number of amides is 8. The molecule has 576 valence electrons. The summed E-state index contributed by atoms with van der Waals surface area (Å²) in [6.07, 6.45) is 26.2. The third-order valence-electron chi connectivity index (χ3n) is 29.7. The van der Waals surface area contributed by atoms with Crippen molar-refractivity contribution >= 4 is 65.4 Å². The second-order valence-corrected chi connectivity index (χ2v) is 37.4. The van der Waals surface area contributed by atoms with Gasteiger partial charge in [0.1, 0.15) is 29.9 Å². The van der Waals surface area contributed by atoms with Crippen molar-refractivity contribution < 1.29 is 53.4 Å². The Bertz CT molecular complexity index is 3350. The number of halogens is 1. The maximum absolute atomic E-state index is 15.0. The minimum atomic E-state index is -1.31. The zero-order chi connectivity index (χ0) is 74.3. The number of nitrogens with zero attached hydrogens (tertiary/aromatic N) is 4. The van der Waals surface area contributed by atoms with Crippen LogP contribution in [0.5, 0.6) is 0 Å². The van der Waals surface area contributed by atoms with Crippen molar-refractivity contribution in [2.75, 3.05) is 26.2 Å². The average molecular weight is 1460 g/mol. The number of rotatable bonds is 22. The monoisotopic (exact) mass is 1450 g/mol. The van der Waals surface area contributed by atoms with E-state index in [1.807, 2.05) is 55.4 Å². The number of aliphatic hydroxyl groups excluding tert-OH is 2. The summed E-state index contributed by atoms with van der Waals surface area (Å²) < 4.78 is 0. The van der Waals surface area contributed by atoms with E-state index < -0.39 is 94.5 Å². The number of nitrogens with one attached hydrogen (secondary N) is 7. The van der Waals surface area contributed by atoms with Crippen LogP contribution in [0.4, 0.5) is 0 Å². The Morgan fingerprint density at radius 1 is 0.602 bits per heavy atom. The summed E-state index contributed by atoms with van der Waals surface area (Å²) in [5.74, 6) is -4.17. The molecule has 12 atom stereocenters. The highest BCUT2D eigenvalue weighted by atomic mass is 35.5. The van der Waals surface area contributed by atoms with Gasteiger partial charge >= 0.3 is 0 Å². The first kappa shape index (κ1) is 80.2. The van der Waals surface area contributed by atoms with E-state index >= 15 is 4.79 Å². The molecule has 1 aromatic heterocycles. The molecule has 9 saturated carbocycles. The first-order valence-corrected chi connectivity index (χ1v) is 39.4. The average Bonchev–Trinajstić information content (AvgIpc) is 1.47. The SMILES string of the molecule is CC1(C)C2(CCC2)C12CN[C@H](CO)C2.CCCC(NC(=O)[C@@H]1CC2(CN1C(=O)[C@@H](N)C(C)(C)C)C(C)(C)C21CCC1)C(O)C(=O)NC1CC1.CCCC(NC(=O)[C@@H]1CC2(CN1C(=O)[C@@H](NC(=O)[C@@H](NC(=O)c1cnccn1)C1CCCCC1)C(C)(C)C)C(C)(C)C21CCC1)C(=O)C(=O)NC1CC1.Cl. The third kappa shape index (κ3) is 13.8. The van der Waals surface area contributed by atoms with Crippen molar-refractivity contribution in [3.8, 4) is 0 Å². The van der Waals surface area contributed by atoms with Gasteiger partial charge < -0.3 is 63.0 Å². The van der Waals surface area contributed by atoms with Crippen molar-refractivity contribution in [1.82, 2.24) is 57.0 Å². The van der Waals surface area contributed by atoms with Crippen molar-refractivity contribution in [3.05, 3.63) is 24.3 Å². The lowest BCUT2D eigenvalue weighted by Crippen LogP contribution is -2.62. The van der Waals surface area contributed by atoms with Crippen LogP contribution in [-0.2, 0) is 38.4 Å². The lowest BCUT2D eigenvalue weighted by Gasteiger charge is -2.38. The van der Waals surface area contributed by atoms with E-state index in [4.69, 9.17) is 5.73 Å². The molecule has 4 heterocycles. The molecule has 3 aliphatic heterocycles. The maximum atomic E-state index is 15.0. The van der Waals surface area contributed by atoms with Crippen LogP contribution in [0.2, 0.25) is 0 Å². The summed E-state index contributed by atoms with van der Waals surface area (Å²) >= 11 is 0. The summed E-state index contributed by atoms with van der Waals surface area (Å²) in [4.78, 5) is 134. The van der Waals surface area contributed by atoms with E-state index in [1.165, 1.54) is 50.7 Å². The second-order valence-electron chi connectivity index (χ2n) is 37.4. The van der Waals surface area contributed by atoms with E-state index in [0.29, 0.717) is 80.5 Å². The van der Waals surface area contributed by atoms with E-state index in [1.54, 1.807) is 9.80 Å². The highest BCUT2D eigenvalue weighted by Gasteiger charge is 2.87.